The molecule has 19 heavy (non-hydrogen) atoms. The maximum Gasteiger partial charge on any atom is 0.242 e. The van der Waals surface area contributed by atoms with Crippen molar-refractivity contribution in [3.63, 3.8) is 0 Å². The van der Waals surface area contributed by atoms with Gasteiger partial charge in [-0.25, -0.2) is 0 Å². The monoisotopic (exact) mass is 328 g/mol. The van der Waals surface area contributed by atoms with Gasteiger partial charge in [0.05, 0.1) is 11.6 Å². The molecule has 2 unspecified atom stereocenters. The van der Waals surface area contributed by atoms with Gasteiger partial charge in [-0.1, -0.05) is 6.92 Å². The highest BCUT2D eigenvalue weighted by Gasteiger charge is 2.14. The van der Waals surface area contributed by atoms with Crippen LogP contribution >= 0.6 is 15.9 Å². The Labute approximate surface area is 123 Å². The number of methoxy groups -OCH3 is 1. The number of rotatable bonds is 6. The third kappa shape index (κ3) is 4.74. The molecule has 0 aliphatic carbocycles. The second-order valence-electron chi connectivity index (χ2n) is 4.53. The maximum atomic E-state index is 11.9. The van der Waals surface area contributed by atoms with Crippen LogP contribution in [0.2, 0.25) is 0 Å². The fourth-order valence-electron chi connectivity index (χ4n) is 1.54. The van der Waals surface area contributed by atoms with Crippen LogP contribution in [0, 0.1) is 0 Å². The van der Waals surface area contributed by atoms with Crippen molar-refractivity contribution in [1.29, 1.82) is 0 Å². The number of anilines is 1. The Balaban J connectivity index is 2.66. The SMILES string of the molecule is CCC(C)NC(=O)C(C)Nc1ccc(Br)c(OC)c1. The van der Waals surface area contributed by atoms with E-state index < -0.39 is 0 Å². The van der Waals surface area contributed by atoms with E-state index in [-0.39, 0.29) is 18.0 Å². The molecule has 1 rings (SSSR count). The van der Waals surface area contributed by atoms with Crippen molar-refractivity contribution in [3.8, 4) is 5.75 Å². The molecule has 0 heterocycles. The fourth-order valence-corrected chi connectivity index (χ4v) is 1.94. The van der Waals surface area contributed by atoms with Crippen molar-refractivity contribution in [1.82, 2.24) is 5.32 Å². The molecule has 4 nitrogen and oxygen atoms in total. The van der Waals surface area contributed by atoms with Crippen LogP contribution in [0.5, 0.6) is 5.75 Å². The molecule has 106 valence electrons. The van der Waals surface area contributed by atoms with Crippen LogP contribution in [-0.4, -0.2) is 25.1 Å². The van der Waals surface area contributed by atoms with Crippen molar-refractivity contribution in [3.05, 3.63) is 22.7 Å². The Morgan fingerprint density at radius 3 is 2.68 bits per heavy atom. The van der Waals surface area contributed by atoms with E-state index >= 15 is 0 Å². The van der Waals surface area contributed by atoms with E-state index in [4.69, 9.17) is 4.74 Å². The molecule has 0 fully saturated rings. The van der Waals surface area contributed by atoms with E-state index in [2.05, 4.69) is 26.6 Å². The lowest BCUT2D eigenvalue weighted by molar-refractivity contribution is -0.122. The van der Waals surface area contributed by atoms with Crippen molar-refractivity contribution in [2.45, 2.75) is 39.3 Å². The minimum Gasteiger partial charge on any atom is -0.495 e. The molecule has 0 radical (unpaired) electrons. The van der Waals surface area contributed by atoms with E-state index in [9.17, 15) is 4.79 Å². The topological polar surface area (TPSA) is 50.4 Å². The minimum atomic E-state index is -0.292. The number of hydrogen-bond acceptors (Lipinski definition) is 3. The second-order valence-corrected chi connectivity index (χ2v) is 5.39. The Morgan fingerprint density at radius 1 is 1.42 bits per heavy atom. The molecule has 1 aromatic rings. The molecule has 2 atom stereocenters. The van der Waals surface area contributed by atoms with E-state index in [0.29, 0.717) is 0 Å². The number of hydrogen-bond donors (Lipinski definition) is 2. The van der Waals surface area contributed by atoms with Crippen LogP contribution in [0.25, 0.3) is 0 Å². The van der Waals surface area contributed by atoms with E-state index in [0.717, 1.165) is 22.3 Å². The smallest absolute Gasteiger partial charge is 0.242 e. The van der Waals surface area contributed by atoms with Crippen LogP contribution in [0.4, 0.5) is 5.69 Å². The number of nitrogens with one attached hydrogen (secondary N) is 2. The molecule has 0 bridgehead atoms. The molecule has 5 heteroatoms. The predicted octanol–water partition coefficient (Wildman–Crippen LogP) is 3.17. The van der Waals surface area contributed by atoms with Gasteiger partial charge in [-0.3, -0.25) is 4.79 Å². The van der Waals surface area contributed by atoms with Crippen LogP contribution in [0.1, 0.15) is 27.2 Å². The Hall–Kier alpha value is -1.23. The van der Waals surface area contributed by atoms with E-state index in [1.165, 1.54) is 0 Å². The summed E-state index contributed by atoms with van der Waals surface area (Å²) in [5.41, 5.74) is 0.854. The van der Waals surface area contributed by atoms with Crippen molar-refractivity contribution in [2.24, 2.45) is 0 Å². The molecular weight excluding hydrogens is 308 g/mol. The lowest BCUT2D eigenvalue weighted by atomic mass is 10.2. The molecule has 0 spiro atoms. The van der Waals surface area contributed by atoms with Gasteiger partial charge in [-0.2, -0.15) is 0 Å². The van der Waals surface area contributed by atoms with Crippen LogP contribution in [0.15, 0.2) is 22.7 Å². The third-order valence-electron chi connectivity index (χ3n) is 2.93. The summed E-state index contributed by atoms with van der Waals surface area (Å²) >= 11 is 3.40. The summed E-state index contributed by atoms with van der Waals surface area (Å²) in [6.07, 6.45) is 0.921. The number of ether oxygens (including phenoxy) is 1. The zero-order valence-corrected chi connectivity index (χ0v) is 13.4. The number of amides is 1. The van der Waals surface area contributed by atoms with Crippen molar-refractivity contribution in [2.75, 3.05) is 12.4 Å². The molecule has 0 aliphatic rings. The first kappa shape index (κ1) is 15.8. The third-order valence-corrected chi connectivity index (χ3v) is 3.58. The highest BCUT2D eigenvalue weighted by atomic mass is 79.9. The second kappa shape index (κ2) is 7.38. The molecule has 1 amide bonds. The minimum absolute atomic E-state index is 0.00349. The first-order valence-electron chi connectivity index (χ1n) is 6.38. The first-order valence-corrected chi connectivity index (χ1v) is 7.17. The van der Waals surface area contributed by atoms with Gasteiger partial charge < -0.3 is 15.4 Å². The molecule has 0 aromatic heterocycles. The number of benzene rings is 1. The van der Waals surface area contributed by atoms with Crippen LogP contribution in [-0.2, 0) is 4.79 Å². The molecule has 0 aliphatic heterocycles. The summed E-state index contributed by atoms with van der Waals surface area (Å²) in [4.78, 5) is 11.9. The Bertz CT molecular complexity index is 437. The van der Waals surface area contributed by atoms with Gasteiger partial charge in [0.25, 0.3) is 0 Å². The lowest BCUT2D eigenvalue weighted by Crippen LogP contribution is -2.41. The maximum absolute atomic E-state index is 11.9. The van der Waals surface area contributed by atoms with Gasteiger partial charge in [-0.15, -0.1) is 0 Å². The van der Waals surface area contributed by atoms with E-state index in [1.807, 2.05) is 39.0 Å². The van der Waals surface area contributed by atoms with Gasteiger partial charge in [-0.05, 0) is 48.3 Å². The number of halogens is 1. The predicted molar refractivity (Wildman–Crippen MR) is 81.7 cm³/mol. The summed E-state index contributed by atoms with van der Waals surface area (Å²) in [7, 11) is 1.61. The summed E-state index contributed by atoms with van der Waals surface area (Å²) < 4.78 is 6.11. The summed E-state index contributed by atoms with van der Waals surface area (Å²) in [6.45, 7) is 5.88. The van der Waals surface area contributed by atoms with Crippen LogP contribution < -0.4 is 15.4 Å². The van der Waals surface area contributed by atoms with Crippen LogP contribution in [0.3, 0.4) is 0 Å². The highest BCUT2D eigenvalue weighted by Crippen LogP contribution is 2.28. The van der Waals surface area contributed by atoms with Gasteiger partial charge in [0, 0.05) is 17.8 Å². The Kier molecular flexibility index (Phi) is 6.15. The summed E-state index contributed by atoms with van der Waals surface area (Å²) in [5, 5.41) is 6.11. The Morgan fingerprint density at radius 2 is 2.11 bits per heavy atom. The molecule has 0 saturated heterocycles. The van der Waals surface area contributed by atoms with Gasteiger partial charge in [0.15, 0.2) is 0 Å². The average molecular weight is 329 g/mol. The standard InChI is InChI=1S/C14H21BrN2O2/c1-5-9(2)16-14(18)10(3)17-11-6-7-12(15)13(8-11)19-4/h6-10,17H,5H2,1-4H3,(H,16,18). The van der Waals surface area contributed by atoms with Gasteiger partial charge in [0.2, 0.25) is 5.91 Å². The highest BCUT2D eigenvalue weighted by molar-refractivity contribution is 9.10. The van der Waals surface area contributed by atoms with E-state index in [1.54, 1.807) is 7.11 Å². The molecule has 0 saturated carbocycles. The van der Waals surface area contributed by atoms with Gasteiger partial charge >= 0.3 is 0 Å². The molecule has 1 aromatic carbocycles. The largest absolute Gasteiger partial charge is 0.495 e. The van der Waals surface area contributed by atoms with Gasteiger partial charge in [0.1, 0.15) is 11.8 Å². The summed E-state index contributed by atoms with van der Waals surface area (Å²) in [6, 6.07) is 5.55. The van der Waals surface area contributed by atoms with Crippen molar-refractivity contribution < 1.29 is 9.53 Å². The zero-order valence-electron chi connectivity index (χ0n) is 11.8. The number of carbonyl (C=O) groups is 1. The zero-order chi connectivity index (χ0) is 14.4. The quantitative estimate of drug-likeness (QED) is 0.843. The van der Waals surface area contributed by atoms with Crippen molar-refractivity contribution >= 4 is 27.5 Å². The summed E-state index contributed by atoms with van der Waals surface area (Å²) in [5.74, 6) is 0.732. The fraction of sp³-hybridized carbons (Fsp3) is 0.500. The molecular formula is C14H21BrN2O2. The normalized spacial score (nSPS) is 13.5. The first-order chi connectivity index (χ1) is 8.97. The number of carbonyl (C=O) groups excluding carboxylic acids is 1. The lowest BCUT2D eigenvalue weighted by Gasteiger charge is -2.18. The average Bonchev–Trinajstić information content (AvgIpc) is 2.40. The molecule has 2 N–H and O–H groups in total.